The smallest absolute Gasteiger partial charge is 0.252 e. The molecule has 7 rings (SSSR count). The highest BCUT2D eigenvalue weighted by Gasteiger charge is 2.47. The van der Waals surface area contributed by atoms with Crippen molar-refractivity contribution in [1.29, 1.82) is 0 Å². The second-order valence-corrected chi connectivity index (χ2v) is 13.6. The van der Waals surface area contributed by atoms with Crippen molar-refractivity contribution in [2.75, 3.05) is 33.3 Å². The Labute approximate surface area is 252 Å². The van der Waals surface area contributed by atoms with Crippen molar-refractivity contribution < 1.29 is 9.53 Å². The van der Waals surface area contributed by atoms with Crippen LogP contribution in [-0.2, 0) is 5.54 Å². The molecule has 0 spiro atoms. The molecule has 7 heteroatoms. The molecule has 218 valence electrons. The number of nitrogens with zero attached hydrogens (tertiary/aromatic N) is 3. The van der Waals surface area contributed by atoms with Crippen LogP contribution in [0.5, 0.6) is 5.75 Å². The second-order valence-electron chi connectivity index (χ2n) is 12.5. The van der Waals surface area contributed by atoms with Crippen LogP contribution in [-0.4, -0.2) is 60.0 Å². The third-order valence-corrected chi connectivity index (χ3v) is 11.0. The Morgan fingerprint density at radius 1 is 1.12 bits per heavy atom. The maximum atomic E-state index is 13.8. The zero-order chi connectivity index (χ0) is 28.8. The Kier molecular flexibility index (Phi) is 7.29. The molecule has 2 saturated heterocycles. The van der Waals surface area contributed by atoms with E-state index in [-0.39, 0.29) is 5.91 Å². The van der Waals surface area contributed by atoms with E-state index in [1.165, 1.54) is 41.2 Å². The Bertz CT molecular complexity index is 1620. The maximum absolute atomic E-state index is 13.8. The van der Waals surface area contributed by atoms with Crippen molar-refractivity contribution in [2.45, 2.75) is 63.6 Å². The topological polar surface area (TPSA) is 57.7 Å². The van der Waals surface area contributed by atoms with Gasteiger partial charge in [0.1, 0.15) is 12.4 Å². The van der Waals surface area contributed by atoms with Crippen LogP contribution in [0.4, 0.5) is 0 Å². The van der Waals surface area contributed by atoms with Crippen LogP contribution in [0.2, 0.25) is 0 Å². The molecule has 2 unspecified atom stereocenters. The normalized spacial score (nSPS) is 20.8. The van der Waals surface area contributed by atoms with E-state index in [1.807, 2.05) is 48.7 Å². The lowest BCUT2D eigenvalue weighted by atomic mass is 9.95. The number of ether oxygens (including phenoxy) is 1. The van der Waals surface area contributed by atoms with Crippen molar-refractivity contribution in [3.8, 4) is 16.2 Å². The Balaban J connectivity index is 1.16. The Morgan fingerprint density at radius 2 is 1.95 bits per heavy atom. The molecule has 3 aliphatic rings. The number of rotatable bonds is 9. The summed E-state index contributed by atoms with van der Waals surface area (Å²) in [6, 6.07) is 20.0. The quantitative estimate of drug-likeness (QED) is 0.233. The number of carbonyl (C=O) groups is 1. The average molecular weight is 581 g/mol. The van der Waals surface area contributed by atoms with Gasteiger partial charge in [-0.05, 0) is 132 Å². The standard InChI is InChI=1S/C35H40N4O2S/c1-23-8-9-27(41-22-26-12-18-38(26)3)21-29(23)34(40)37-35(13-14-35)30-19-25(20-31-28(30)7-6-15-36-31)33-11-10-32(42-33)24(2)39-16-4-5-17-39/h6-11,15,19-21,24,26H,4-5,12-14,16-18,22H2,1-3H3,(H,37,40). The number of fused-ring (bicyclic) bond motifs is 1. The SMILES string of the molecule is Cc1ccc(OCC2CCN2C)cc1C(=O)NC1(c2cc(-c3ccc(C(C)N4CCCC4)s3)cc3ncccc23)CC1. The van der Waals surface area contributed by atoms with E-state index in [9.17, 15) is 4.79 Å². The van der Waals surface area contributed by atoms with Gasteiger partial charge in [-0.15, -0.1) is 11.3 Å². The number of thiophene rings is 1. The van der Waals surface area contributed by atoms with Gasteiger partial charge in [0, 0.05) is 39.0 Å². The first-order valence-corrected chi connectivity index (χ1v) is 16.2. The molecule has 2 atom stereocenters. The van der Waals surface area contributed by atoms with Crippen molar-refractivity contribution in [1.82, 2.24) is 20.1 Å². The average Bonchev–Trinajstić information content (AvgIpc) is 3.37. The molecular formula is C35H40N4O2S. The van der Waals surface area contributed by atoms with E-state index in [2.05, 4.69) is 59.4 Å². The molecule has 2 aromatic heterocycles. The zero-order valence-corrected chi connectivity index (χ0v) is 25.7. The van der Waals surface area contributed by atoms with Crippen molar-refractivity contribution in [3.05, 3.63) is 82.4 Å². The van der Waals surface area contributed by atoms with Crippen LogP contribution in [0, 0.1) is 6.92 Å². The van der Waals surface area contributed by atoms with Gasteiger partial charge in [-0.1, -0.05) is 12.1 Å². The van der Waals surface area contributed by atoms with Gasteiger partial charge >= 0.3 is 0 Å². The predicted octanol–water partition coefficient (Wildman–Crippen LogP) is 6.93. The molecule has 1 amide bonds. The zero-order valence-electron chi connectivity index (χ0n) is 24.9. The first kappa shape index (κ1) is 27.6. The molecule has 6 nitrogen and oxygen atoms in total. The minimum Gasteiger partial charge on any atom is -0.492 e. The lowest BCUT2D eigenvalue weighted by Gasteiger charge is -2.37. The Hall–Kier alpha value is -3.26. The van der Waals surface area contributed by atoms with E-state index >= 15 is 0 Å². The molecule has 0 bridgehead atoms. The van der Waals surface area contributed by atoms with Crippen LogP contribution in [0.1, 0.15) is 71.4 Å². The minimum absolute atomic E-state index is 0.0449. The molecule has 4 aromatic rings. The number of amides is 1. The first-order valence-electron chi connectivity index (χ1n) is 15.4. The van der Waals surface area contributed by atoms with Gasteiger partial charge in [-0.3, -0.25) is 19.6 Å². The number of hydrogen-bond acceptors (Lipinski definition) is 6. The summed E-state index contributed by atoms with van der Waals surface area (Å²) in [5, 5.41) is 4.57. The summed E-state index contributed by atoms with van der Waals surface area (Å²) >= 11 is 1.88. The number of benzene rings is 2. The fourth-order valence-electron chi connectivity index (χ4n) is 6.54. The number of aryl methyl sites for hydroxylation is 1. The summed E-state index contributed by atoms with van der Waals surface area (Å²) in [7, 11) is 2.13. The number of carbonyl (C=O) groups excluding carboxylic acids is 1. The molecule has 2 aliphatic heterocycles. The van der Waals surface area contributed by atoms with E-state index in [0.717, 1.165) is 53.6 Å². The van der Waals surface area contributed by atoms with E-state index < -0.39 is 5.54 Å². The van der Waals surface area contributed by atoms with Crippen LogP contribution >= 0.6 is 11.3 Å². The van der Waals surface area contributed by atoms with Crippen LogP contribution in [0.25, 0.3) is 21.3 Å². The molecular weight excluding hydrogens is 540 g/mol. The molecule has 1 aliphatic carbocycles. The van der Waals surface area contributed by atoms with E-state index in [1.54, 1.807) is 0 Å². The van der Waals surface area contributed by atoms with Gasteiger partial charge in [0.15, 0.2) is 0 Å². The van der Waals surface area contributed by atoms with Gasteiger partial charge in [-0.2, -0.15) is 0 Å². The summed E-state index contributed by atoms with van der Waals surface area (Å²) in [4.78, 5) is 26.1. The summed E-state index contributed by atoms with van der Waals surface area (Å²) in [6.07, 6.45) is 7.44. The predicted molar refractivity (Wildman–Crippen MR) is 170 cm³/mol. The maximum Gasteiger partial charge on any atom is 0.252 e. The van der Waals surface area contributed by atoms with Crippen molar-refractivity contribution in [3.63, 3.8) is 0 Å². The number of nitrogens with one attached hydrogen (secondary N) is 1. The number of likely N-dealkylation sites (N-methyl/N-ethyl adjacent to an activating group) is 1. The molecule has 3 fully saturated rings. The fourth-order valence-corrected chi connectivity index (χ4v) is 7.62. The molecule has 42 heavy (non-hydrogen) atoms. The monoisotopic (exact) mass is 580 g/mol. The van der Waals surface area contributed by atoms with Crippen LogP contribution in [0.15, 0.2) is 60.8 Å². The van der Waals surface area contributed by atoms with E-state index in [0.29, 0.717) is 24.3 Å². The summed E-state index contributed by atoms with van der Waals surface area (Å²) in [5.41, 5.74) is 4.55. The highest BCUT2D eigenvalue weighted by atomic mass is 32.1. The first-order chi connectivity index (χ1) is 20.4. The van der Waals surface area contributed by atoms with E-state index in [4.69, 9.17) is 9.72 Å². The van der Waals surface area contributed by atoms with Crippen molar-refractivity contribution in [2.24, 2.45) is 0 Å². The molecule has 2 aromatic carbocycles. The number of likely N-dealkylation sites (tertiary alicyclic amines) is 2. The summed E-state index contributed by atoms with van der Waals surface area (Å²) in [6.45, 7) is 8.47. The third-order valence-electron chi connectivity index (χ3n) is 9.69. The van der Waals surface area contributed by atoms with Gasteiger partial charge in [-0.25, -0.2) is 0 Å². The highest BCUT2D eigenvalue weighted by Crippen LogP contribution is 2.49. The van der Waals surface area contributed by atoms with Crippen LogP contribution in [0.3, 0.4) is 0 Å². The molecule has 0 radical (unpaired) electrons. The van der Waals surface area contributed by atoms with Gasteiger partial charge in [0.05, 0.1) is 11.1 Å². The number of pyridine rings is 1. The third kappa shape index (κ3) is 5.23. The van der Waals surface area contributed by atoms with Crippen molar-refractivity contribution >= 4 is 28.1 Å². The van der Waals surface area contributed by atoms with Gasteiger partial charge in [0.2, 0.25) is 0 Å². The molecule has 4 heterocycles. The minimum atomic E-state index is -0.394. The number of aromatic nitrogens is 1. The highest BCUT2D eigenvalue weighted by molar-refractivity contribution is 7.15. The van der Waals surface area contributed by atoms with Gasteiger partial charge < -0.3 is 10.1 Å². The molecule has 1 N–H and O–H groups in total. The molecule has 1 saturated carbocycles. The Morgan fingerprint density at radius 3 is 2.69 bits per heavy atom. The van der Waals surface area contributed by atoms with Crippen LogP contribution < -0.4 is 10.1 Å². The number of hydrogen-bond donors (Lipinski definition) is 1. The lowest BCUT2D eigenvalue weighted by molar-refractivity contribution is 0.0767. The lowest BCUT2D eigenvalue weighted by Crippen LogP contribution is -2.48. The summed E-state index contributed by atoms with van der Waals surface area (Å²) < 4.78 is 6.10. The largest absolute Gasteiger partial charge is 0.492 e. The fraction of sp³-hybridized carbons (Fsp3) is 0.429. The second kappa shape index (κ2) is 11.1. The van der Waals surface area contributed by atoms with Gasteiger partial charge in [0.25, 0.3) is 5.91 Å². The summed E-state index contributed by atoms with van der Waals surface area (Å²) in [5.74, 6) is 0.709.